The fraction of sp³-hybridized carbons (Fsp3) is 0.111. The van der Waals surface area contributed by atoms with Crippen molar-refractivity contribution < 1.29 is 4.39 Å². The van der Waals surface area contributed by atoms with Gasteiger partial charge in [-0.15, -0.1) is 0 Å². The van der Waals surface area contributed by atoms with Crippen molar-refractivity contribution in [3.63, 3.8) is 0 Å². The van der Waals surface area contributed by atoms with Crippen molar-refractivity contribution in [1.29, 1.82) is 0 Å². The van der Waals surface area contributed by atoms with Crippen LogP contribution in [0.2, 0.25) is 0 Å². The molecule has 1 aromatic rings. The Morgan fingerprint density at radius 3 is 2.36 bits per heavy atom. The van der Waals surface area contributed by atoms with Crippen LogP contribution >= 0.6 is 22.6 Å². The maximum Gasteiger partial charge on any atom is 0.123 e. The average molecular weight is 262 g/mol. The van der Waals surface area contributed by atoms with Crippen molar-refractivity contribution in [3.8, 4) is 0 Å². The van der Waals surface area contributed by atoms with Crippen molar-refractivity contribution in [2.24, 2.45) is 0 Å². The van der Waals surface area contributed by atoms with Crippen LogP contribution in [0.1, 0.15) is 12.5 Å². The largest absolute Gasteiger partial charge is 0.207 e. The zero-order chi connectivity index (χ0) is 8.27. The van der Waals surface area contributed by atoms with E-state index in [0.29, 0.717) is 0 Å². The molecule has 0 bridgehead atoms. The molecular weight excluding hydrogens is 254 g/mol. The zero-order valence-electron chi connectivity index (χ0n) is 6.14. The van der Waals surface area contributed by atoms with Crippen molar-refractivity contribution in [1.82, 2.24) is 0 Å². The lowest BCUT2D eigenvalue weighted by molar-refractivity contribution is 0.628. The summed E-state index contributed by atoms with van der Waals surface area (Å²) in [6.45, 7) is 2.00. The summed E-state index contributed by atoms with van der Waals surface area (Å²) < 4.78 is 13.6. The fourth-order valence-corrected chi connectivity index (χ4v) is 1.15. The second-order valence-corrected chi connectivity index (χ2v) is 3.98. The minimum absolute atomic E-state index is 0.187. The topological polar surface area (TPSA) is 0 Å². The van der Waals surface area contributed by atoms with E-state index in [0.717, 1.165) is 5.56 Å². The summed E-state index contributed by atoms with van der Waals surface area (Å²) in [7, 11) is 0. The Morgan fingerprint density at radius 1 is 1.36 bits per heavy atom. The smallest absolute Gasteiger partial charge is 0.123 e. The monoisotopic (exact) mass is 262 g/mol. The van der Waals surface area contributed by atoms with Gasteiger partial charge in [0, 0.05) is 0 Å². The van der Waals surface area contributed by atoms with Gasteiger partial charge in [-0.3, -0.25) is 0 Å². The van der Waals surface area contributed by atoms with Gasteiger partial charge in [-0.05, 0) is 56.9 Å². The normalized spacial score (nSPS) is 11.7. The van der Waals surface area contributed by atoms with E-state index in [1.54, 1.807) is 12.1 Å². The maximum absolute atomic E-state index is 12.4. The van der Waals surface area contributed by atoms with E-state index in [9.17, 15) is 4.39 Å². The number of allylic oxidation sites excluding steroid dienone is 1. The lowest BCUT2D eigenvalue weighted by Gasteiger charge is -1.92. The molecule has 1 rings (SSSR count). The summed E-state index contributed by atoms with van der Waals surface area (Å²) in [6, 6.07) is 6.45. The van der Waals surface area contributed by atoms with Gasteiger partial charge in [0.05, 0.1) is 0 Å². The minimum atomic E-state index is -0.187. The van der Waals surface area contributed by atoms with Crippen molar-refractivity contribution >= 4 is 28.7 Å². The molecule has 11 heavy (non-hydrogen) atoms. The Labute approximate surface area is 79.3 Å². The molecule has 2 heteroatoms. The first-order valence-corrected chi connectivity index (χ1v) is 4.36. The minimum Gasteiger partial charge on any atom is -0.207 e. The Balaban J connectivity index is 2.91. The molecule has 0 saturated carbocycles. The van der Waals surface area contributed by atoms with Gasteiger partial charge in [0.1, 0.15) is 5.82 Å². The van der Waals surface area contributed by atoms with E-state index < -0.39 is 0 Å². The highest BCUT2D eigenvalue weighted by Crippen LogP contribution is 2.11. The Morgan fingerprint density at radius 2 is 1.91 bits per heavy atom. The summed E-state index contributed by atoms with van der Waals surface area (Å²) in [6.07, 6.45) is 2.00. The Bertz CT molecular complexity index is 257. The number of benzene rings is 1. The van der Waals surface area contributed by atoms with Crippen LogP contribution in [0.3, 0.4) is 0 Å². The highest BCUT2D eigenvalue weighted by Gasteiger charge is 1.89. The van der Waals surface area contributed by atoms with Gasteiger partial charge in [-0.25, -0.2) is 4.39 Å². The lowest BCUT2D eigenvalue weighted by Crippen LogP contribution is -1.74. The second kappa shape index (κ2) is 3.85. The van der Waals surface area contributed by atoms with Crippen LogP contribution in [0.15, 0.2) is 27.8 Å². The molecule has 0 saturated heterocycles. The summed E-state index contributed by atoms with van der Waals surface area (Å²) in [4.78, 5) is 0. The molecule has 0 spiro atoms. The number of halogens is 2. The third-order valence-electron chi connectivity index (χ3n) is 1.24. The Hall–Kier alpha value is -0.380. The van der Waals surface area contributed by atoms with Crippen LogP contribution in [0.25, 0.3) is 6.08 Å². The van der Waals surface area contributed by atoms with Crippen LogP contribution in [0, 0.1) is 5.82 Å². The summed E-state index contributed by atoms with van der Waals surface area (Å²) in [5.74, 6) is -0.187. The Kier molecular flexibility index (Phi) is 3.05. The van der Waals surface area contributed by atoms with Crippen LogP contribution in [-0.4, -0.2) is 0 Å². The molecule has 58 valence electrons. The number of rotatable bonds is 1. The van der Waals surface area contributed by atoms with E-state index in [1.807, 2.05) is 13.0 Å². The van der Waals surface area contributed by atoms with Crippen molar-refractivity contribution in [2.45, 2.75) is 6.92 Å². The van der Waals surface area contributed by atoms with Gasteiger partial charge in [0.15, 0.2) is 0 Å². The highest BCUT2D eigenvalue weighted by molar-refractivity contribution is 14.1. The summed E-state index contributed by atoms with van der Waals surface area (Å²) in [5, 5.41) is 0. The van der Waals surface area contributed by atoms with Crippen LogP contribution in [-0.2, 0) is 0 Å². The van der Waals surface area contributed by atoms with Gasteiger partial charge in [0.25, 0.3) is 0 Å². The standard InChI is InChI=1S/C9H8FI/c1-7(11)6-8-2-4-9(10)5-3-8/h2-6H,1H3/b7-6+. The first-order chi connectivity index (χ1) is 5.18. The molecule has 0 aliphatic rings. The van der Waals surface area contributed by atoms with E-state index >= 15 is 0 Å². The van der Waals surface area contributed by atoms with E-state index in [1.165, 1.54) is 15.7 Å². The first kappa shape index (κ1) is 8.71. The SMILES string of the molecule is C/C(I)=C\c1ccc(F)cc1. The van der Waals surface area contributed by atoms with Crippen molar-refractivity contribution in [3.05, 3.63) is 39.2 Å². The molecule has 0 radical (unpaired) electrons. The molecule has 0 aliphatic heterocycles. The molecule has 0 aliphatic carbocycles. The van der Waals surface area contributed by atoms with Gasteiger partial charge in [-0.2, -0.15) is 0 Å². The van der Waals surface area contributed by atoms with E-state index in [2.05, 4.69) is 22.6 Å². The fourth-order valence-electron chi connectivity index (χ4n) is 0.789. The van der Waals surface area contributed by atoms with Crippen LogP contribution < -0.4 is 0 Å². The van der Waals surface area contributed by atoms with Gasteiger partial charge in [0.2, 0.25) is 0 Å². The molecule has 0 nitrogen and oxygen atoms in total. The summed E-state index contributed by atoms with van der Waals surface area (Å²) in [5.41, 5.74) is 1.04. The molecule has 0 N–H and O–H groups in total. The van der Waals surface area contributed by atoms with Gasteiger partial charge >= 0.3 is 0 Å². The highest BCUT2D eigenvalue weighted by atomic mass is 127. The molecule has 0 aromatic heterocycles. The second-order valence-electron chi connectivity index (χ2n) is 2.28. The first-order valence-electron chi connectivity index (χ1n) is 3.28. The van der Waals surface area contributed by atoms with Crippen molar-refractivity contribution in [2.75, 3.05) is 0 Å². The lowest BCUT2D eigenvalue weighted by atomic mass is 10.2. The average Bonchev–Trinajstić information content (AvgIpc) is 1.93. The summed E-state index contributed by atoms with van der Waals surface area (Å²) >= 11 is 2.22. The predicted molar refractivity (Wildman–Crippen MR) is 54.1 cm³/mol. The maximum atomic E-state index is 12.4. The van der Waals surface area contributed by atoms with Gasteiger partial charge in [-0.1, -0.05) is 12.1 Å². The third kappa shape index (κ3) is 3.01. The van der Waals surface area contributed by atoms with E-state index in [4.69, 9.17) is 0 Å². The van der Waals surface area contributed by atoms with Gasteiger partial charge < -0.3 is 0 Å². The molecule has 0 unspecified atom stereocenters. The molecule has 0 amide bonds. The van der Waals surface area contributed by atoms with Crippen LogP contribution in [0.5, 0.6) is 0 Å². The van der Waals surface area contributed by atoms with E-state index in [-0.39, 0.29) is 5.82 Å². The molecule has 0 fully saturated rings. The van der Waals surface area contributed by atoms with Crippen LogP contribution in [0.4, 0.5) is 4.39 Å². The third-order valence-corrected chi connectivity index (χ3v) is 1.55. The zero-order valence-corrected chi connectivity index (χ0v) is 8.30. The quantitative estimate of drug-likeness (QED) is 0.678. The molecule has 0 heterocycles. The number of hydrogen-bond acceptors (Lipinski definition) is 0. The molecular formula is C9H8FI. The molecule has 1 aromatic carbocycles. The predicted octanol–water partition coefficient (Wildman–Crippen LogP) is 3.62. The number of hydrogen-bond donors (Lipinski definition) is 0. The molecule has 0 atom stereocenters.